The van der Waals surface area contributed by atoms with Crippen molar-refractivity contribution in [1.82, 2.24) is 0 Å². The number of hydrogen-bond acceptors (Lipinski definition) is 4. The number of ether oxygens (including phenoxy) is 2. The molecule has 0 spiro atoms. The molecule has 0 heterocycles. The van der Waals surface area contributed by atoms with E-state index in [1.165, 1.54) is 13.8 Å². The first kappa shape index (κ1) is 17.3. The van der Waals surface area contributed by atoms with Crippen molar-refractivity contribution in [3.05, 3.63) is 0 Å². The summed E-state index contributed by atoms with van der Waals surface area (Å²) in [5.74, 6) is -0.711. The Morgan fingerprint density at radius 2 is 1.62 bits per heavy atom. The van der Waals surface area contributed by atoms with Gasteiger partial charge in [0.05, 0.1) is 0 Å². The average molecular weight is 232 g/mol. The summed E-state index contributed by atoms with van der Waals surface area (Å²) in [7, 11) is 0. The average Bonchev–Trinajstić information content (AvgIpc) is 1.95. The normalized spacial score (nSPS) is 12.3. The van der Waals surface area contributed by atoms with Gasteiger partial charge < -0.3 is 9.47 Å². The third-order valence-corrected chi connectivity index (χ3v) is 1.65. The Hall–Kier alpha value is -1.06. The monoisotopic (exact) mass is 232 g/mol. The van der Waals surface area contributed by atoms with Gasteiger partial charge in [-0.15, -0.1) is 0 Å². The SMILES string of the molecule is C.CC(=O)OCC(CC(C)(C)C)OC(C)=O. The Bertz CT molecular complexity index is 228. The molecule has 0 N–H and O–H groups in total. The first-order chi connectivity index (χ1) is 6.70. The van der Waals surface area contributed by atoms with Crippen LogP contribution in [0.15, 0.2) is 0 Å². The van der Waals surface area contributed by atoms with Gasteiger partial charge in [0.25, 0.3) is 0 Å². The summed E-state index contributed by atoms with van der Waals surface area (Å²) in [6.45, 7) is 8.93. The summed E-state index contributed by atoms with van der Waals surface area (Å²) in [5, 5.41) is 0. The Kier molecular flexibility index (Phi) is 7.86. The second kappa shape index (κ2) is 7.25. The van der Waals surface area contributed by atoms with Crippen LogP contribution in [0.1, 0.15) is 48.5 Å². The molecule has 0 bridgehead atoms. The maximum absolute atomic E-state index is 10.8. The zero-order valence-electron chi connectivity index (χ0n) is 10.1. The molecule has 0 fully saturated rings. The molecule has 1 atom stereocenters. The maximum atomic E-state index is 10.8. The molecule has 0 aromatic rings. The molecule has 16 heavy (non-hydrogen) atoms. The molecule has 0 saturated heterocycles. The molecule has 0 radical (unpaired) electrons. The number of carbonyl (C=O) groups is 2. The minimum atomic E-state index is -0.360. The molecule has 4 heteroatoms. The molecular formula is C12H24O4. The molecule has 0 saturated carbocycles. The number of esters is 2. The molecule has 0 aromatic heterocycles. The molecule has 0 aliphatic heterocycles. The predicted molar refractivity (Wildman–Crippen MR) is 63.0 cm³/mol. The third-order valence-electron chi connectivity index (χ3n) is 1.65. The highest BCUT2D eigenvalue weighted by atomic mass is 16.6. The van der Waals surface area contributed by atoms with Crippen molar-refractivity contribution in [3.8, 4) is 0 Å². The van der Waals surface area contributed by atoms with E-state index in [-0.39, 0.29) is 37.5 Å². The summed E-state index contributed by atoms with van der Waals surface area (Å²) in [6, 6.07) is 0. The van der Waals surface area contributed by atoms with Crippen molar-refractivity contribution < 1.29 is 19.1 Å². The first-order valence-electron chi connectivity index (χ1n) is 5.01. The summed E-state index contributed by atoms with van der Waals surface area (Å²) in [5.41, 5.74) is 0.0280. The van der Waals surface area contributed by atoms with Crippen molar-refractivity contribution in [1.29, 1.82) is 0 Å². The molecule has 0 aliphatic carbocycles. The van der Waals surface area contributed by atoms with Crippen LogP contribution in [-0.4, -0.2) is 24.6 Å². The number of hydrogen-bond donors (Lipinski definition) is 0. The van der Waals surface area contributed by atoms with Gasteiger partial charge in [-0.25, -0.2) is 0 Å². The van der Waals surface area contributed by atoms with E-state index < -0.39 is 0 Å². The fourth-order valence-corrected chi connectivity index (χ4v) is 1.26. The summed E-state index contributed by atoms with van der Waals surface area (Å²) in [4.78, 5) is 21.5. The van der Waals surface area contributed by atoms with Crippen molar-refractivity contribution in [2.45, 2.75) is 54.6 Å². The highest BCUT2D eigenvalue weighted by molar-refractivity contribution is 5.67. The molecule has 0 rings (SSSR count). The van der Waals surface area contributed by atoms with Gasteiger partial charge in [-0.05, 0) is 11.8 Å². The quantitative estimate of drug-likeness (QED) is 0.699. The lowest BCUT2D eigenvalue weighted by Gasteiger charge is -2.25. The van der Waals surface area contributed by atoms with Gasteiger partial charge in [0.2, 0.25) is 0 Å². The lowest BCUT2D eigenvalue weighted by atomic mass is 9.89. The highest BCUT2D eigenvalue weighted by Gasteiger charge is 2.22. The number of rotatable bonds is 4. The van der Waals surface area contributed by atoms with Gasteiger partial charge in [-0.1, -0.05) is 28.2 Å². The fourth-order valence-electron chi connectivity index (χ4n) is 1.26. The lowest BCUT2D eigenvalue weighted by molar-refractivity contribution is -0.157. The molecule has 0 amide bonds. The largest absolute Gasteiger partial charge is 0.462 e. The van der Waals surface area contributed by atoms with Crippen LogP contribution in [0.4, 0.5) is 0 Å². The maximum Gasteiger partial charge on any atom is 0.303 e. The van der Waals surface area contributed by atoms with E-state index >= 15 is 0 Å². The van der Waals surface area contributed by atoms with Gasteiger partial charge in [0.1, 0.15) is 12.7 Å². The van der Waals surface area contributed by atoms with Crippen LogP contribution in [0.2, 0.25) is 0 Å². The number of carbonyl (C=O) groups excluding carboxylic acids is 2. The van der Waals surface area contributed by atoms with E-state index in [4.69, 9.17) is 9.47 Å². The van der Waals surface area contributed by atoms with Gasteiger partial charge >= 0.3 is 11.9 Å². The Labute approximate surface area is 98.3 Å². The summed E-state index contributed by atoms with van der Waals surface area (Å²) >= 11 is 0. The van der Waals surface area contributed by atoms with Gasteiger partial charge in [0.15, 0.2) is 0 Å². The van der Waals surface area contributed by atoms with Crippen LogP contribution in [0, 0.1) is 5.41 Å². The summed E-state index contributed by atoms with van der Waals surface area (Å²) in [6.07, 6.45) is 0.311. The van der Waals surface area contributed by atoms with E-state index in [9.17, 15) is 9.59 Å². The zero-order valence-corrected chi connectivity index (χ0v) is 10.1. The standard InChI is InChI=1S/C11H20O4.CH4/c1-8(12)14-7-10(15-9(2)13)6-11(3,4)5;/h10H,6-7H2,1-5H3;1H4. The molecule has 1 unspecified atom stereocenters. The van der Waals surface area contributed by atoms with Crippen LogP contribution in [0.3, 0.4) is 0 Å². The van der Waals surface area contributed by atoms with Crippen molar-refractivity contribution in [2.24, 2.45) is 5.41 Å². The highest BCUT2D eigenvalue weighted by Crippen LogP contribution is 2.22. The fraction of sp³-hybridized carbons (Fsp3) is 0.833. The van der Waals surface area contributed by atoms with Crippen LogP contribution in [-0.2, 0) is 19.1 Å². The Morgan fingerprint density at radius 3 is 1.94 bits per heavy atom. The van der Waals surface area contributed by atoms with Crippen molar-refractivity contribution in [2.75, 3.05) is 6.61 Å². The van der Waals surface area contributed by atoms with Crippen LogP contribution in [0.25, 0.3) is 0 Å². The zero-order chi connectivity index (χ0) is 12.1. The van der Waals surface area contributed by atoms with E-state index in [1.807, 2.05) is 20.8 Å². The first-order valence-corrected chi connectivity index (χ1v) is 5.01. The molecular weight excluding hydrogens is 208 g/mol. The Morgan fingerprint density at radius 1 is 1.12 bits per heavy atom. The van der Waals surface area contributed by atoms with E-state index in [0.717, 1.165) is 0 Å². The van der Waals surface area contributed by atoms with Gasteiger partial charge in [-0.3, -0.25) is 9.59 Å². The Balaban J connectivity index is 0. The minimum absolute atomic E-state index is 0. The topological polar surface area (TPSA) is 52.6 Å². The van der Waals surface area contributed by atoms with E-state index in [0.29, 0.717) is 6.42 Å². The molecule has 96 valence electrons. The molecule has 4 nitrogen and oxygen atoms in total. The smallest absolute Gasteiger partial charge is 0.303 e. The van der Waals surface area contributed by atoms with Crippen molar-refractivity contribution in [3.63, 3.8) is 0 Å². The van der Waals surface area contributed by atoms with Crippen LogP contribution in [0.5, 0.6) is 0 Å². The van der Waals surface area contributed by atoms with Gasteiger partial charge in [0, 0.05) is 13.8 Å². The van der Waals surface area contributed by atoms with Crippen LogP contribution < -0.4 is 0 Å². The minimum Gasteiger partial charge on any atom is -0.462 e. The van der Waals surface area contributed by atoms with Crippen LogP contribution >= 0.6 is 0 Å². The second-order valence-electron chi connectivity index (χ2n) is 4.80. The third kappa shape index (κ3) is 11.0. The molecule has 0 aliphatic rings. The van der Waals surface area contributed by atoms with E-state index in [1.54, 1.807) is 0 Å². The second-order valence-corrected chi connectivity index (χ2v) is 4.80. The van der Waals surface area contributed by atoms with Gasteiger partial charge in [-0.2, -0.15) is 0 Å². The summed E-state index contributed by atoms with van der Waals surface area (Å²) < 4.78 is 9.90. The predicted octanol–water partition coefficient (Wildman–Crippen LogP) is 2.55. The van der Waals surface area contributed by atoms with E-state index in [2.05, 4.69) is 0 Å². The van der Waals surface area contributed by atoms with Crippen molar-refractivity contribution >= 4 is 11.9 Å². The lowest BCUT2D eigenvalue weighted by Crippen LogP contribution is -2.28. The molecule has 0 aromatic carbocycles.